The number of nitrogens with zero attached hydrogens (tertiary/aromatic N) is 2. The zero-order valence-electron chi connectivity index (χ0n) is 8.86. The Morgan fingerprint density at radius 2 is 2.47 bits per heavy atom. The van der Waals surface area contributed by atoms with E-state index in [4.69, 9.17) is 4.52 Å². The second kappa shape index (κ2) is 3.34. The van der Waals surface area contributed by atoms with Gasteiger partial charge in [-0.2, -0.15) is 0 Å². The highest BCUT2D eigenvalue weighted by atomic mass is 16.5. The molecule has 0 aliphatic carbocycles. The molecule has 1 aromatic heterocycles. The predicted octanol–water partition coefficient (Wildman–Crippen LogP) is 0.580. The molecule has 0 radical (unpaired) electrons. The number of carbonyl (C=O) groups is 1. The van der Waals surface area contributed by atoms with Crippen molar-refractivity contribution in [2.45, 2.75) is 25.9 Å². The van der Waals surface area contributed by atoms with Crippen molar-refractivity contribution in [3.63, 3.8) is 0 Å². The lowest BCUT2D eigenvalue weighted by molar-refractivity contribution is 0.0571. The summed E-state index contributed by atoms with van der Waals surface area (Å²) < 4.78 is 4.84. The molecule has 0 aromatic carbocycles. The Kier molecular flexibility index (Phi) is 2.26. The molecule has 1 fully saturated rings. The maximum Gasteiger partial charge on any atom is 0.259 e. The Balaban J connectivity index is 2.14. The molecule has 2 heterocycles. The van der Waals surface area contributed by atoms with E-state index in [0.29, 0.717) is 30.8 Å². The average Bonchev–Trinajstić information content (AvgIpc) is 2.71. The minimum Gasteiger partial charge on any atom is -0.388 e. The van der Waals surface area contributed by atoms with Gasteiger partial charge in [0.1, 0.15) is 11.3 Å². The normalized spacial score (nSPS) is 25.9. The molecule has 0 saturated carbocycles. The molecule has 82 valence electrons. The van der Waals surface area contributed by atoms with E-state index in [-0.39, 0.29) is 5.91 Å². The third-order valence-corrected chi connectivity index (χ3v) is 2.72. The van der Waals surface area contributed by atoms with Crippen molar-refractivity contribution in [1.29, 1.82) is 0 Å². The summed E-state index contributed by atoms with van der Waals surface area (Å²) in [5.41, 5.74) is -0.284. The monoisotopic (exact) mass is 210 g/mol. The molecule has 1 aliphatic heterocycles. The molecule has 5 heteroatoms. The van der Waals surface area contributed by atoms with E-state index < -0.39 is 5.60 Å². The van der Waals surface area contributed by atoms with Crippen molar-refractivity contribution < 1.29 is 14.4 Å². The molecule has 15 heavy (non-hydrogen) atoms. The van der Waals surface area contributed by atoms with Gasteiger partial charge in [-0.15, -0.1) is 0 Å². The first-order valence-electron chi connectivity index (χ1n) is 4.92. The molecule has 0 spiro atoms. The highest BCUT2D eigenvalue weighted by Crippen LogP contribution is 2.22. The number of aliphatic hydroxyl groups is 1. The summed E-state index contributed by atoms with van der Waals surface area (Å²) in [6.45, 7) is 4.39. The van der Waals surface area contributed by atoms with Crippen LogP contribution in [-0.2, 0) is 0 Å². The predicted molar refractivity (Wildman–Crippen MR) is 52.4 cm³/mol. The van der Waals surface area contributed by atoms with Gasteiger partial charge >= 0.3 is 0 Å². The molecule has 0 bridgehead atoms. The minimum absolute atomic E-state index is 0.119. The first-order chi connectivity index (χ1) is 6.99. The first-order valence-corrected chi connectivity index (χ1v) is 4.92. The molecule has 1 aromatic rings. The summed E-state index contributed by atoms with van der Waals surface area (Å²) in [5.74, 6) is 0.401. The zero-order chi connectivity index (χ0) is 11.1. The van der Waals surface area contributed by atoms with E-state index >= 15 is 0 Å². The second-order valence-corrected chi connectivity index (χ2v) is 4.27. The van der Waals surface area contributed by atoms with Crippen LogP contribution in [0.25, 0.3) is 0 Å². The van der Waals surface area contributed by atoms with Crippen molar-refractivity contribution in [3.8, 4) is 0 Å². The Morgan fingerprint density at radius 3 is 2.93 bits per heavy atom. The molecule has 1 N–H and O–H groups in total. The molecule has 5 nitrogen and oxygen atoms in total. The highest BCUT2D eigenvalue weighted by Gasteiger charge is 2.35. The van der Waals surface area contributed by atoms with Crippen LogP contribution in [0.2, 0.25) is 0 Å². The Labute approximate surface area is 87.7 Å². The smallest absolute Gasteiger partial charge is 0.259 e. The highest BCUT2D eigenvalue weighted by molar-refractivity contribution is 5.95. The number of likely N-dealkylation sites (tertiary alicyclic amines) is 1. The fraction of sp³-hybridized carbons (Fsp3) is 0.600. The summed E-state index contributed by atoms with van der Waals surface area (Å²) in [7, 11) is 0. The molecule has 1 amide bonds. The van der Waals surface area contributed by atoms with E-state index in [0.717, 1.165) is 0 Å². The maximum absolute atomic E-state index is 11.9. The topological polar surface area (TPSA) is 66.6 Å². The van der Waals surface area contributed by atoms with Crippen LogP contribution in [0, 0.1) is 6.92 Å². The van der Waals surface area contributed by atoms with E-state index in [9.17, 15) is 9.90 Å². The van der Waals surface area contributed by atoms with Gasteiger partial charge in [0.15, 0.2) is 0 Å². The van der Waals surface area contributed by atoms with Crippen LogP contribution >= 0.6 is 0 Å². The van der Waals surface area contributed by atoms with Gasteiger partial charge in [-0.1, -0.05) is 5.16 Å². The fourth-order valence-electron chi connectivity index (χ4n) is 1.79. The maximum atomic E-state index is 11.9. The summed E-state index contributed by atoms with van der Waals surface area (Å²) >= 11 is 0. The lowest BCUT2D eigenvalue weighted by atomic mass is 10.1. The van der Waals surface area contributed by atoms with Crippen molar-refractivity contribution in [2.24, 2.45) is 0 Å². The minimum atomic E-state index is -0.763. The van der Waals surface area contributed by atoms with Crippen LogP contribution in [0.5, 0.6) is 0 Å². The Morgan fingerprint density at radius 1 is 1.73 bits per heavy atom. The van der Waals surface area contributed by atoms with Gasteiger partial charge in [0.25, 0.3) is 5.91 Å². The molecule has 1 unspecified atom stereocenters. The van der Waals surface area contributed by atoms with Crippen molar-refractivity contribution in [1.82, 2.24) is 10.1 Å². The Hall–Kier alpha value is -1.36. The summed E-state index contributed by atoms with van der Waals surface area (Å²) in [6.07, 6.45) is 2.04. The number of aryl methyl sites for hydroxylation is 1. The van der Waals surface area contributed by atoms with Gasteiger partial charge in [0, 0.05) is 13.1 Å². The van der Waals surface area contributed by atoms with Crippen LogP contribution in [0.1, 0.15) is 29.5 Å². The molecular formula is C10H14N2O3. The van der Waals surface area contributed by atoms with E-state index in [1.165, 1.54) is 6.20 Å². The number of carbonyl (C=O) groups excluding carboxylic acids is 1. The van der Waals surface area contributed by atoms with E-state index in [1.54, 1.807) is 18.7 Å². The third kappa shape index (κ3) is 1.87. The van der Waals surface area contributed by atoms with Crippen molar-refractivity contribution in [2.75, 3.05) is 13.1 Å². The van der Waals surface area contributed by atoms with Gasteiger partial charge in [-0.05, 0) is 20.3 Å². The van der Waals surface area contributed by atoms with Crippen LogP contribution in [0.15, 0.2) is 10.7 Å². The number of rotatable bonds is 1. The third-order valence-electron chi connectivity index (χ3n) is 2.72. The van der Waals surface area contributed by atoms with Crippen LogP contribution < -0.4 is 0 Å². The molecular weight excluding hydrogens is 196 g/mol. The lowest BCUT2D eigenvalue weighted by Gasteiger charge is -2.18. The van der Waals surface area contributed by atoms with Crippen LogP contribution in [0.3, 0.4) is 0 Å². The van der Waals surface area contributed by atoms with Gasteiger partial charge in [0.05, 0.1) is 11.8 Å². The Bertz CT molecular complexity index is 384. The standard InChI is InChI=1S/C10H14N2O3/c1-7-8(5-11-15-7)9(13)12-4-3-10(2,14)6-12/h5,14H,3-4,6H2,1-2H3. The lowest BCUT2D eigenvalue weighted by Crippen LogP contribution is -2.33. The summed E-state index contributed by atoms with van der Waals surface area (Å²) in [6, 6.07) is 0. The zero-order valence-corrected chi connectivity index (χ0v) is 8.86. The summed E-state index contributed by atoms with van der Waals surface area (Å²) in [4.78, 5) is 13.6. The largest absolute Gasteiger partial charge is 0.388 e. The second-order valence-electron chi connectivity index (χ2n) is 4.27. The van der Waals surface area contributed by atoms with Crippen molar-refractivity contribution >= 4 is 5.91 Å². The van der Waals surface area contributed by atoms with Crippen LogP contribution in [-0.4, -0.2) is 39.8 Å². The molecule has 1 atom stereocenters. The van der Waals surface area contributed by atoms with E-state index in [2.05, 4.69) is 5.16 Å². The van der Waals surface area contributed by atoms with Gasteiger partial charge in [-0.25, -0.2) is 0 Å². The van der Waals surface area contributed by atoms with Gasteiger partial charge in [0.2, 0.25) is 0 Å². The number of β-amino-alcohol motifs (C(OH)–C–C–N with tert-alkyl or cyclic N) is 1. The first kappa shape index (κ1) is 10.2. The number of hydrogen-bond acceptors (Lipinski definition) is 4. The van der Waals surface area contributed by atoms with Crippen LogP contribution in [0.4, 0.5) is 0 Å². The molecule has 2 rings (SSSR count). The van der Waals surface area contributed by atoms with Crippen molar-refractivity contribution in [3.05, 3.63) is 17.5 Å². The number of aromatic nitrogens is 1. The summed E-state index contributed by atoms with van der Waals surface area (Å²) in [5, 5.41) is 13.3. The number of hydrogen-bond donors (Lipinski definition) is 1. The molecule has 1 saturated heterocycles. The van der Waals surface area contributed by atoms with E-state index in [1.807, 2.05) is 0 Å². The quantitative estimate of drug-likeness (QED) is 0.736. The number of amides is 1. The SMILES string of the molecule is Cc1oncc1C(=O)N1CCC(C)(O)C1. The molecule has 1 aliphatic rings. The average molecular weight is 210 g/mol. The van der Waals surface area contributed by atoms with Gasteiger partial charge < -0.3 is 14.5 Å². The van der Waals surface area contributed by atoms with Gasteiger partial charge in [-0.3, -0.25) is 4.79 Å². The fourth-order valence-corrected chi connectivity index (χ4v) is 1.79.